The molecule has 1 aromatic heterocycles. The average molecular weight is 306 g/mol. The van der Waals surface area contributed by atoms with Crippen LogP contribution in [0.15, 0.2) is 47.3 Å². The first-order valence-corrected chi connectivity index (χ1v) is 6.63. The normalized spacial score (nSPS) is 12.7. The second-order valence-electron chi connectivity index (χ2n) is 4.66. The van der Waals surface area contributed by atoms with Gasteiger partial charge in [-0.05, 0) is 17.7 Å². The van der Waals surface area contributed by atoms with Gasteiger partial charge < -0.3 is 5.21 Å². The molecule has 7 heteroatoms. The summed E-state index contributed by atoms with van der Waals surface area (Å²) in [5.41, 5.74) is 1.22. The van der Waals surface area contributed by atoms with Crippen LogP contribution in [0.3, 0.4) is 0 Å². The third-order valence-electron chi connectivity index (χ3n) is 3.28. The number of halogens is 1. The van der Waals surface area contributed by atoms with E-state index in [1.807, 2.05) is 18.2 Å². The van der Waals surface area contributed by atoms with Crippen molar-refractivity contribution in [3.63, 3.8) is 0 Å². The number of quaternary nitrogens is 1. The molecule has 3 N–H and O–H groups in total. The molecule has 0 aliphatic heterocycles. The first kappa shape index (κ1) is 13.8. The zero-order chi connectivity index (χ0) is 15.0. The van der Waals surface area contributed by atoms with E-state index in [9.17, 15) is 10.0 Å². The summed E-state index contributed by atoms with van der Waals surface area (Å²) in [6.07, 6.45) is 0. The summed E-state index contributed by atoms with van der Waals surface area (Å²) in [5.74, 6) is 0. The highest BCUT2D eigenvalue weighted by Gasteiger charge is 2.11. The van der Waals surface area contributed by atoms with Crippen molar-refractivity contribution >= 4 is 28.2 Å². The number of hydrogen-bond donors (Lipinski definition) is 3. The van der Waals surface area contributed by atoms with Crippen molar-refractivity contribution in [2.45, 2.75) is 6.54 Å². The van der Waals surface area contributed by atoms with Gasteiger partial charge >= 0.3 is 0 Å². The summed E-state index contributed by atoms with van der Waals surface area (Å²) in [6, 6.07) is 11.7. The number of H-pyrrole nitrogens is 1. The highest BCUT2D eigenvalue weighted by atomic mass is 35.5. The summed E-state index contributed by atoms with van der Waals surface area (Å²) < 4.78 is 1.41. The van der Waals surface area contributed by atoms with Crippen LogP contribution in [0.4, 0.5) is 5.69 Å². The van der Waals surface area contributed by atoms with E-state index in [1.54, 1.807) is 12.1 Å². The highest BCUT2D eigenvalue weighted by Crippen LogP contribution is 2.17. The smallest absolute Gasteiger partial charge is 0.274 e. The van der Waals surface area contributed by atoms with Gasteiger partial charge in [0.25, 0.3) is 5.56 Å². The maximum atomic E-state index is 12.3. The molecule has 0 aliphatic rings. The maximum Gasteiger partial charge on any atom is 0.274 e. The lowest BCUT2D eigenvalue weighted by Crippen LogP contribution is -2.99. The number of benzene rings is 2. The molecule has 2 aromatic carbocycles. The Bertz CT molecular complexity index is 854. The zero-order valence-corrected chi connectivity index (χ0v) is 11.6. The summed E-state index contributed by atoms with van der Waals surface area (Å²) in [6.45, 7) is 0.301. The number of nitrogens with zero attached hydrogens (tertiary/aromatic N) is 1. The lowest BCUT2D eigenvalue weighted by molar-refractivity contribution is -0.991. The molecule has 0 radical (unpaired) electrons. The van der Waals surface area contributed by atoms with Crippen LogP contribution in [0.25, 0.3) is 10.9 Å². The molecule has 21 heavy (non-hydrogen) atoms. The fraction of sp³-hybridized carbons (Fsp3) is 0.0714. The zero-order valence-electron chi connectivity index (χ0n) is 10.8. The van der Waals surface area contributed by atoms with Crippen molar-refractivity contribution in [3.05, 3.63) is 68.6 Å². The van der Waals surface area contributed by atoms with Gasteiger partial charge in [0.1, 0.15) is 0 Å². The summed E-state index contributed by atoms with van der Waals surface area (Å²) in [7, 11) is 0. The van der Waals surface area contributed by atoms with Gasteiger partial charge in [-0.3, -0.25) is 9.89 Å². The number of hydrogen-bond acceptors (Lipinski definition) is 3. The Morgan fingerprint density at radius 2 is 2.05 bits per heavy atom. The molecule has 6 nitrogen and oxygen atoms in total. The Labute approximate surface area is 124 Å². The van der Waals surface area contributed by atoms with Gasteiger partial charge in [-0.25, -0.2) is 9.89 Å². The second-order valence-corrected chi connectivity index (χ2v) is 5.07. The molecule has 1 atom stereocenters. The highest BCUT2D eigenvalue weighted by molar-refractivity contribution is 6.31. The molecule has 0 saturated heterocycles. The van der Waals surface area contributed by atoms with Gasteiger partial charge in [0.15, 0.2) is 5.69 Å². The summed E-state index contributed by atoms with van der Waals surface area (Å²) in [5, 5.41) is 22.8. The van der Waals surface area contributed by atoms with Crippen LogP contribution in [0.2, 0.25) is 5.02 Å². The standard InChI is InChI=1S/C14H12ClN3O3/c15-12-4-2-1-3-9(12)8-17-14(19)11-7-10(18(20)21)5-6-13(11)16-17/h1-7,16,18,20H,8H2. The Balaban J connectivity index is 2.06. The monoisotopic (exact) mass is 305 g/mol. The van der Waals surface area contributed by atoms with Gasteiger partial charge in [-0.2, -0.15) is 5.23 Å². The number of aromatic amines is 1. The van der Waals surface area contributed by atoms with E-state index in [0.29, 0.717) is 22.5 Å². The SMILES string of the molecule is O=c1c2cc([NH+]([O-])O)ccc2[nH]n1Cc1ccccc1Cl. The Morgan fingerprint density at radius 1 is 1.29 bits per heavy atom. The van der Waals surface area contributed by atoms with E-state index in [2.05, 4.69) is 5.10 Å². The van der Waals surface area contributed by atoms with E-state index in [-0.39, 0.29) is 11.2 Å². The molecule has 0 aliphatic carbocycles. The molecular formula is C14H12ClN3O3. The van der Waals surface area contributed by atoms with E-state index >= 15 is 0 Å². The third kappa shape index (κ3) is 2.57. The predicted octanol–water partition coefficient (Wildman–Crippen LogP) is 1.43. The van der Waals surface area contributed by atoms with E-state index in [4.69, 9.17) is 16.8 Å². The topological polar surface area (TPSA) is 85.5 Å². The minimum atomic E-state index is -1.06. The molecular weight excluding hydrogens is 294 g/mol. The van der Waals surface area contributed by atoms with Crippen LogP contribution in [0.1, 0.15) is 5.56 Å². The molecule has 0 fully saturated rings. The number of rotatable bonds is 3. The van der Waals surface area contributed by atoms with Crippen LogP contribution < -0.4 is 10.8 Å². The summed E-state index contributed by atoms with van der Waals surface area (Å²) in [4.78, 5) is 12.3. The molecule has 0 spiro atoms. The van der Waals surface area contributed by atoms with Crippen LogP contribution in [-0.4, -0.2) is 15.0 Å². The lowest BCUT2D eigenvalue weighted by Gasteiger charge is -2.10. The van der Waals surface area contributed by atoms with Crippen molar-refractivity contribution in [2.24, 2.45) is 0 Å². The molecule has 1 heterocycles. The Hall–Kier alpha value is -2.12. The molecule has 3 aromatic rings. The van der Waals surface area contributed by atoms with Crippen molar-refractivity contribution < 1.29 is 10.4 Å². The first-order chi connectivity index (χ1) is 10.1. The van der Waals surface area contributed by atoms with Gasteiger partial charge in [0.2, 0.25) is 0 Å². The second kappa shape index (κ2) is 5.34. The van der Waals surface area contributed by atoms with E-state index in [1.165, 1.54) is 16.8 Å². The van der Waals surface area contributed by atoms with Gasteiger partial charge in [0, 0.05) is 17.2 Å². The molecule has 3 rings (SSSR count). The van der Waals surface area contributed by atoms with Crippen molar-refractivity contribution in [1.82, 2.24) is 9.78 Å². The quantitative estimate of drug-likeness (QED) is 0.640. The average Bonchev–Trinajstić information content (AvgIpc) is 2.77. The van der Waals surface area contributed by atoms with Gasteiger partial charge in [-0.1, -0.05) is 29.8 Å². The predicted molar refractivity (Wildman–Crippen MR) is 78.9 cm³/mol. The van der Waals surface area contributed by atoms with Gasteiger partial charge in [-0.15, -0.1) is 0 Å². The molecule has 1 unspecified atom stereocenters. The van der Waals surface area contributed by atoms with Crippen molar-refractivity contribution in [1.29, 1.82) is 0 Å². The maximum absolute atomic E-state index is 12.3. The largest absolute Gasteiger partial charge is 0.595 e. The van der Waals surface area contributed by atoms with E-state index < -0.39 is 5.23 Å². The number of nitrogens with one attached hydrogen (secondary N) is 2. The first-order valence-electron chi connectivity index (χ1n) is 6.25. The molecule has 0 amide bonds. The number of aromatic nitrogens is 2. The van der Waals surface area contributed by atoms with Crippen LogP contribution in [-0.2, 0) is 6.54 Å². The van der Waals surface area contributed by atoms with Crippen LogP contribution in [0.5, 0.6) is 0 Å². The minimum absolute atomic E-state index is 0.0866. The van der Waals surface area contributed by atoms with E-state index in [0.717, 1.165) is 5.56 Å². The van der Waals surface area contributed by atoms with Crippen LogP contribution >= 0.6 is 11.6 Å². The summed E-state index contributed by atoms with van der Waals surface area (Å²) >= 11 is 6.09. The fourth-order valence-corrected chi connectivity index (χ4v) is 2.40. The molecule has 108 valence electrons. The van der Waals surface area contributed by atoms with Crippen LogP contribution in [0, 0.1) is 5.21 Å². The van der Waals surface area contributed by atoms with Gasteiger partial charge in [0.05, 0.1) is 17.4 Å². The Morgan fingerprint density at radius 3 is 2.76 bits per heavy atom. The third-order valence-corrected chi connectivity index (χ3v) is 3.65. The molecule has 0 saturated carbocycles. The van der Waals surface area contributed by atoms with Crippen molar-refractivity contribution in [3.8, 4) is 0 Å². The fourth-order valence-electron chi connectivity index (χ4n) is 2.20. The minimum Gasteiger partial charge on any atom is -0.595 e. The van der Waals surface area contributed by atoms with Crippen molar-refractivity contribution in [2.75, 3.05) is 0 Å². The number of fused-ring (bicyclic) bond motifs is 1. The molecule has 0 bridgehead atoms. The Kier molecular flexibility index (Phi) is 3.52. The lowest BCUT2D eigenvalue weighted by atomic mass is 10.2.